The molecule has 11 rings (SSSR count). The van der Waals surface area contributed by atoms with E-state index in [9.17, 15) is 0 Å². The summed E-state index contributed by atoms with van der Waals surface area (Å²) in [6, 6.07) is 35.2. The van der Waals surface area contributed by atoms with Crippen LogP contribution in [0.15, 0.2) is 169 Å². The number of thiophene rings is 1. The van der Waals surface area contributed by atoms with E-state index in [1.165, 1.54) is 21.2 Å². The maximum Gasteiger partial charge on any atom is 0.164 e. The van der Waals surface area contributed by atoms with Crippen molar-refractivity contribution in [2.24, 2.45) is 0 Å². The largest absolute Gasteiger partial charge is 0.485 e. The van der Waals surface area contributed by atoms with Crippen LogP contribution in [-0.2, 0) is 0 Å². The van der Waals surface area contributed by atoms with E-state index in [0.29, 0.717) is 17.5 Å². The minimum absolute atomic E-state index is 0.0362. The first-order valence-electron chi connectivity index (χ1n) is 19.2. The Morgan fingerprint density at radius 1 is 0.679 bits per heavy atom. The minimum atomic E-state index is -0.0975. The first kappa shape index (κ1) is 32.8. The number of rotatable bonds is 6. The van der Waals surface area contributed by atoms with Crippen molar-refractivity contribution in [3.05, 3.63) is 186 Å². The van der Waals surface area contributed by atoms with Crippen molar-refractivity contribution < 1.29 is 4.74 Å². The molecule has 6 nitrogen and oxygen atoms in total. The molecule has 7 aromatic rings. The normalized spacial score (nSPS) is 19.6. The maximum absolute atomic E-state index is 6.64. The predicted octanol–water partition coefficient (Wildman–Crippen LogP) is 11.8. The van der Waals surface area contributed by atoms with Gasteiger partial charge in [-0.1, -0.05) is 121 Å². The van der Waals surface area contributed by atoms with Crippen molar-refractivity contribution in [1.82, 2.24) is 24.9 Å². The molecule has 0 spiro atoms. The van der Waals surface area contributed by atoms with Gasteiger partial charge in [0, 0.05) is 38.3 Å². The van der Waals surface area contributed by atoms with Gasteiger partial charge >= 0.3 is 0 Å². The molecule has 4 aromatic carbocycles. The summed E-state index contributed by atoms with van der Waals surface area (Å²) >= 11 is 1.79. The molecule has 7 heteroatoms. The molecule has 3 aliphatic carbocycles. The minimum Gasteiger partial charge on any atom is -0.485 e. The molecule has 4 aliphatic rings. The Hall–Kier alpha value is -6.57. The van der Waals surface area contributed by atoms with Crippen molar-refractivity contribution in [2.45, 2.75) is 37.2 Å². The molecule has 0 saturated heterocycles. The highest BCUT2D eigenvalue weighted by atomic mass is 32.1. The van der Waals surface area contributed by atoms with Crippen LogP contribution >= 0.6 is 11.3 Å². The smallest absolute Gasteiger partial charge is 0.164 e. The van der Waals surface area contributed by atoms with Crippen LogP contribution in [0.4, 0.5) is 0 Å². The van der Waals surface area contributed by atoms with Crippen molar-refractivity contribution in [2.75, 3.05) is 0 Å². The lowest BCUT2D eigenvalue weighted by Crippen LogP contribution is -2.21. The Bertz CT molecular complexity index is 2830. The van der Waals surface area contributed by atoms with Gasteiger partial charge in [0.25, 0.3) is 0 Å². The number of aromatic nitrogens is 5. The maximum atomic E-state index is 6.64. The predicted molar refractivity (Wildman–Crippen MR) is 226 cm³/mol. The third kappa shape index (κ3) is 5.74. The summed E-state index contributed by atoms with van der Waals surface area (Å²) in [6.45, 7) is 0. The van der Waals surface area contributed by atoms with E-state index in [4.69, 9.17) is 29.7 Å². The standard InChI is InChI=1S/C49H35N5OS/c1-4-14-30(15-5-1)46-50-43(45-44(51-46)37-22-10-11-25-41(37)56-45)34-21-12-20-33(28-34)36-23-13-24-40-42(36)38-29-35(26-27-39(38)55-40)49-53-47(31-16-6-2-7-17-31)52-48(54-49)32-18-8-3-9-19-32/h1-11,13-14,16-19,21-30,40,42H,12,15,20H2. The first-order chi connectivity index (χ1) is 27.7. The second kappa shape index (κ2) is 13.6. The van der Waals surface area contributed by atoms with Crippen molar-refractivity contribution in [3.63, 3.8) is 0 Å². The summed E-state index contributed by atoms with van der Waals surface area (Å²) < 4.78 is 9.02. The van der Waals surface area contributed by atoms with Crippen molar-refractivity contribution in [3.8, 4) is 39.9 Å². The van der Waals surface area contributed by atoms with E-state index in [2.05, 4.69) is 97.1 Å². The zero-order valence-electron chi connectivity index (χ0n) is 30.4. The fourth-order valence-corrected chi connectivity index (χ4v) is 9.53. The molecule has 3 atom stereocenters. The van der Waals surface area contributed by atoms with Gasteiger partial charge < -0.3 is 4.74 Å². The molecule has 56 heavy (non-hydrogen) atoms. The fraction of sp³-hybridized carbons (Fsp3) is 0.122. The summed E-state index contributed by atoms with van der Waals surface area (Å²) in [7, 11) is 0. The van der Waals surface area contributed by atoms with Crippen LogP contribution < -0.4 is 4.74 Å². The van der Waals surface area contributed by atoms with Gasteiger partial charge in [-0.25, -0.2) is 24.9 Å². The summed E-state index contributed by atoms with van der Waals surface area (Å²) in [4.78, 5) is 25.5. The molecule has 3 aromatic heterocycles. The van der Waals surface area contributed by atoms with E-state index >= 15 is 0 Å². The Labute approximate surface area is 328 Å². The number of hydrogen-bond acceptors (Lipinski definition) is 7. The van der Waals surface area contributed by atoms with Gasteiger partial charge in [-0.2, -0.15) is 0 Å². The van der Waals surface area contributed by atoms with Crippen molar-refractivity contribution in [1.29, 1.82) is 0 Å². The van der Waals surface area contributed by atoms with Gasteiger partial charge in [-0.3, -0.25) is 0 Å². The Morgan fingerprint density at radius 3 is 2.20 bits per heavy atom. The van der Waals surface area contributed by atoms with Crippen molar-refractivity contribution >= 4 is 37.2 Å². The molecule has 0 amide bonds. The van der Waals surface area contributed by atoms with Crippen LogP contribution in [0.2, 0.25) is 0 Å². The second-order valence-electron chi connectivity index (χ2n) is 14.6. The van der Waals surface area contributed by atoms with E-state index in [1.54, 1.807) is 11.3 Å². The molecule has 1 aliphatic heterocycles. The average molecular weight is 742 g/mol. The topological polar surface area (TPSA) is 73.7 Å². The summed E-state index contributed by atoms with van der Waals surface area (Å²) in [5.74, 6) is 3.90. The van der Waals surface area contributed by atoms with Crippen LogP contribution in [0.3, 0.4) is 0 Å². The molecule has 3 unspecified atom stereocenters. The van der Waals surface area contributed by atoms with Gasteiger partial charge in [-0.15, -0.1) is 11.3 Å². The van der Waals surface area contributed by atoms with Gasteiger partial charge in [0.1, 0.15) is 17.7 Å². The monoisotopic (exact) mass is 741 g/mol. The lowest BCUT2D eigenvalue weighted by atomic mass is 9.78. The molecular formula is C49H35N5OS. The number of ether oxygens (including phenoxy) is 1. The second-order valence-corrected chi connectivity index (χ2v) is 15.6. The highest BCUT2D eigenvalue weighted by molar-refractivity contribution is 7.26. The molecule has 0 fully saturated rings. The highest BCUT2D eigenvalue weighted by Gasteiger charge is 2.38. The zero-order chi connectivity index (χ0) is 37.0. The van der Waals surface area contributed by atoms with Gasteiger partial charge in [0.15, 0.2) is 17.5 Å². The lowest BCUT2D eigenvalue weighted by Gasteiger charge is -2.26. The van der Waals surface area contributed by atoms with Crippen LogP contribution in [0.25, 0.3) is 60.0 Å². The van der Waals surface area contributed by atoms with E-state index < -0.39 is 0 Å². The number of allylic oxidation sites excluding steroid dienone is 10. The SMILES string of the molecule is C1=CCC(c2nc(C3=CCCC(C4=CC=CC5Oc6ccc(-c7nc(-c8ccccc8)nc(-c8ccccc8)n7)cc6C45)=C3)c3sc4ccccc4c3n2)C=C1. The third-order valence-corrected chi connectivity index (χ3v) is 12.3. The molecule has 268 valence electrons. The molecule has 0 N–H and O–H groups in total. The molecule has 0 bridgehead atoms. The van der Waals surface area contributed by atoms with Gasteiger partial charge in [0.05, 0.1) is 21.8 Å². The quantitative estimate of drug-likeness (QED) is 0.169. The summed E-state index contributed by atoms with van der Waals surface area (Å²) in [5.41, 5.74) is 9.81. The number of hydrogen-bond donors (Lipinski definition) is 0. The highest BCUT2D eigenvalue weighted by Crippen LogP contribution is 2.50. The first-order valence-corrected chi connectivity index (χ1v) is 20.1. The van der Waals surface area contributed by atoms with E-state index in [1.807, 2.05) is 60.7 Å². The Kier molecular flexibility index (Phi) is 7.98. The van der Waals surface area contributed by atoms with Crippen LogP contribution in [-0.4, -0.2) is 31.0 Å². The molecule has 0 saturated carbocycles. The molecule has 0 radical (unpaired) electrons. The van der Waals surface area contributed by atoms with Crippen LogP contribution in [0.5, 0.6) is 5.75 Å². The van der Waals surface area contributed by atoms with E-state index in [-0.39, 0.29) is 17.9 Å². The lowest BCUT2D eigenvalue weighted by molar-refractivity contribution is 0.265. The summed E-state index contributed by atoms with van der Waals surface area (Å²) in [6.07, 6.45) is 22.7. The van der Waals surface area contributed by atoms with Gasteiger partial charge in [0.2, 0.25) is 0 Å². The average Bonchev–Trinajstić information content (AvgIpc) is 3.85. The number of fused-ring (bicyclic) bond motifs is 6. The molecular weight excluding hydrogens is 707 g/mol. The Morgan fingerprint density at radius 2 is 1.43 bits per heavy atom. The third-order valence-electron chi connectivity index (χ3n) is 11.1. The fourth-order valence-electron chi connectivity index (χ4n) is 8.38. The van der Waals surface area contributed by atoms with E-state index in [0.717, 1.165) is 74.6 Å². The number of nitrogens with zero attached hydrogens (tertiary/aromatic N) is 5. The summed E-state index contributed by atoms with van der Waals surface area (Å²) in [5, 5.41) is 1.19. The van der Waals surface area contributed by atoms with Crippen LogP contribution in [0, 0.1) is 0 Å². The molecule has 4 heterocycles. The number of benzene rings is 4. The zero-order valence-corrected chi connectivity index (χ0v) is 31.2. The Balaban J connectivity index is 0.992. The van der Waals surface area contributed by atoms with Crippen LogP contribution in [0.1, 0.15) is 48.2 Å². The van der Waals surface area contributed by atoms with Gasteiger partial charge in [-0.05, 0) is 72.4 Å².